The fourth-order valence-corrected chi connectivity index (χ4v) is 3.09. The molecular weight excluding hydrogens is 271 g/mol. The molecule has 0 amide bonds. The first-order valence-corrected chi connectivity index (χ1v) is 6.95. The lowest BCUT2D eigenvalue weighted by Crippen LogP contribution is -2.38. The SMILES string of the molecule is CCC(Cl)C(Cl)(c1ccccc1)S(=O)(=O)O. The van der Waals surface area contributed by atoms with Crippen molar-refractivity contribution in [1.82, 2.24) is 0 Å². The van der Waals surface area contributed by atoms with Gasteiger partial charge < -0.3 is 0 Å². The summed E-state index contributed by atoms with van der Waals surface area (Å²) in [6.45, 7) is 1.70. The molecular formula is C10H12Cl2O3S. The van der Waals surface area contributed by atoms with E-state index < -0.39 is 19.7 Å². The maximum atomic E-state index is 11.4. The van der Waals surface area contributed by atoms with Crippen LogP contribution in [0.5, 0.6) is 0 Å². The monoisotopic (exact) mass is 282 g/mol. The quantitative estimate of drug-likeness (QED) is 0.682. The number of hydrogen-bond donors (Lipinski definition) is 1. The van der Waals surface area contributed by atoms with Gasteiger partial charge >= 0.3 is 0 Å². The van der Waals surface area contributed by atoms with Crippen LogP contribution in [0.1, 0.15) is 18.9 Å². The van der Waals surface area contributed by atoms with Crippen LogP contribution in [0, 0.1) is 0 Å². The third-order valence-electron chi connectivity index (χ3n) is 2.30. The molecule has 6 heteroatoms. The first-order valence-electron chi connectivity index (χ1n) is 4.69. The summed E-state index contributed by atoms with van der Waals surface area (Å²) in [7, 11) is -4.50. The number of hydrogen-bond acceptors (Lipinski definition) is 2. The molecule has 0 aliphatic heterocycles. The van der Waals surface area contributed by atoms with Crippen molar-refractivity contribution in [1.29, 1.82) is 0 Å². The van der Waals surface area contributed by atoms with Crippen LogP contribution in [0.25, 0.3) is 0 Å². The topological polar surface area (TPSA) is 54.4 Å². The molecule has 0 radical (unpaired) electrons. The maximum Gasteiger partial charge on any atom is 0.290 e. The Labute approximate surface area is 105 Å². The molecule has 1 aromatic rings. The summed E-state index contributed by atoms with van der Waals surface area (Å²) in [6, 6.07) is 8.03. The van der Waals surface area contributed by atoms with Crippen LogP contribution < -0.4 is 0 Å². The van der Waals surface area contributed by atoms with Crippen LogP contribution in [0.3, 0.4) is 0 Å². The van der Waals surface area contributed by atoms with E-state index in [2.05, 4.69) is 0 Å². The maximum absolute atomic E-state index is 11.4. The van der Waals surface area contributed by atoms with Crippen LogP contribution >= 0.6 is 23.2 Å². The van der Waals surface area contributed by atoms with Crippen LogP contribution in [0.4, 0.5) is 0 Å². The number of alkyl halides is 2. The molecule has 2 atom stereocenters. The second-order valence-corrected chi connectivity index (χ2v) is 6.30. The van der Waals surface area contributed by atoms with Crippen molar-refractivity contribution in [3.8, 4) is 0 Å². The van der Waals surface area contributed by atoms with E-state index >= 15 is 0 Å². The van der Waals surface area contributed by atoms with E-state index in [0.29, 0.717) is 6.42 Å². The minimum atomic E-state index is -4.50. The van der Waals surface area contributed by atoms with E-state index in [0.717, 1.165) is 0 Å². The number of halogens is 2. The van der Waals surface area contributed by atoms with Crippen LogP contribution in [-0.4, -0.2) is 18.3 Å². The van der Waals surface area contributed by atoms with E-state index in [1.165, 1.54) is 12.1 Å². The molecule has 0 heterocycles. The van der Waals surface area contributed by atoms with Crippen molar-refractivity contribution >= 4 is 33.3 Å². The molecule has 3 nitrogen and oxygen atoms in total. The summed E-state index contributed by atoms with van der Waals surface area (Å²) in [5, 5.41) is -0.911. The molecule has 0 saturated heterocycles. The lowest BCUT2D eigenvalue weighted by atomic mass is 10.1. The molecule has 16 heavy (non-hydrogen) atoms. The van der Waals surface area contributed by atoms with Crippen molar-refractivity contribution in [2.75, 3.05) is 0 Å². The minimum Gasteiger partial charge on any atom is -0.284 e. The normalized spacial score (nSPS) is 17.8. The van der Waals surface area contributed by atoms with Gasteiger partial charge in [-0.05, 0) is 12.0 Å². The second-order valence-electron chi connectivity index (χ2n) is 3.36. The average Bonchev–Trinajstić information content (AvgIpc) is 2.26. The highest BCUT2D eigenvalue weighted by Gasteiger charge is 2.48. The molecule has 0 aromatic heterocycles. The Hall–Kier alpha value is -0.290. The molecule has 1 N–H and O–H groups in total. The van der Waals surface area contributed by atoms with Crippen LogP contribution in [0.2, 0.25) is 0 Å². The highest BCUT2D eigenvalue weighted by Crippen LogP contribution is 2.41. The summed E-state index contributed by atoms with van der Waals surface area (Å²) in [5.74, 6) is 0. The van der Waals surface area contributed by atoms with Crippen molar-refractivity contribution in [2.24, 2.45) is 0 Å². The van der Waals surface area contributed by atoms with Gasteiger partial charge in [0.1, 0.15) is 0 Å². The Balaban J connectivity index is 3.38. The van der Waals surface area contributed by atoms with Crippen molar-refractivity contribution < 1.29 is 13.0 Å². The summed E-state index contributed by atoms with van der Waals surface area (Å²) >= 11 is 11.9. The molecule has 2 unspecified atom stereocenters. The van der Waals surface area contributed by atoms with Gasteiger partial charge in [0.15, 0.2) is 0 Å². The Morgan fingerprint density at radius 2 is 1.88 bits per heavy atom. The summed E-state index contributed by atoms with van der Waals surface area (Å²) in [6.07, 6.45) is 0.319. The Morgan fingerprint density at radius 1 is 1.38 bits per heavy atom. The van der Waals surface area contributed by atoms with Gasteiger partial charge in [-0.25, -0.2) is 0 Å². The van der Waals surface area contributed by atoms with E-state index in [1.807, 2.05) is 0 Å². The van der Waals surface area contributed by atoms with Crippen LogP contribution in [0.15, 0.2) is 30.3 Å². The van der Waals surface area contributed by atoms with Gasteiger partial charge in [0.2, 0.25) is 4.21 Å². The molecule has 1 rings (SSSR count). The molecule has 0 aliphatic rings. The van der Waals surface area contributed by atoms with Gasteiger partial charge in [-0.2, -0.15) is 8.42 Å². The van der Waals surface area contributed by atoms with E-state index in [1.54, 1.807) is 25.1 Å². The molecule has 0 fully saturated rings. The molecule has 90 valence electrons. The fraction of sp³-hybridized carbons (Fsp3) is 0.400. The van der Waals surface area contributed by atoms with Crippen LogP contribution in [-0.2, 0) is 14.3 Å². The molecule has 0 bridgehead atoms. The second kappa shape index (κ2) is 4.92. The predicted molar refractivity (Wildman–Crippen MR) is 65.5 cm³/mol. The summed E-state index contributed by atoms with van der Waals surface area (Å²) in [4.78, 5) is 0. The zero-order valence-electron chi connectivity index (χ0n) is 8.60. The lowest BCUT2D eigenvalue weighted by Gasteiger charge is -2.28. The molecule has 0 saturated carbocycles. The third-order valence-corrected chi connectivity index (χ3v) is 5.52. The van der Waals surface area contributed by atoms with Crippen molar-refractivity contribution in [2.45, 2.75) is 22.9 Å². The van der Waals surface area contributed by atoms with Gasteiger partial charge in [0, 0.05) is 0 Å². The first-order chi connectivity index (χ1) is 7.34. The lowest BCUT2D eigenvalue weighted by molar-refractivity contribution is 0.453. The summed E-state index contributed by atoms with van der Waals surface area (Å²) < 4.78 is 30.0. The van der Waals surface area contributed by atoms with E-state index in [4.69, 9.17) is 23.2 Å². The fourth-order valence-electron chi connectivity index (χ4n) is 1.42. The Kier molecular flexibility index (Phi) is 4.23. The predicted octanol–water partition coefficient (Wildman–Crippen LogP) is 2.98. The van der Waals surface area contributed by atoms with Gasteiger partial charge in [-0.1, -0.05) is 48.9 Å². The number of benzene rings is 1. The highest BCUT2D eigenvalue weighted by atomic mass is 35.5. The standard InChI is InChI=1S/C10H12Cl2O3S/c1-2-9(11)10(12,16(13,14)15)8-6-4-3-5-7-8/h3-7,9H,2H2,1H3,(H,13,14,15). The zero-order chi connectivity index (χ0) is 12.4. The summed E-state index contributed by atoms with van der Waals surface area (Å²) in [5.41, 5.74) is 0.265. The molecule has 0 spiro atoms. The highest BCUT2D eigenvalue weighted by molar-refractivity contribution is 7.88. The smallest absolute Gasteiger partial charge is 0.284 e. The molecule has 0 aliphatic carbocycles. The Morgan fingerprint density at radius 3 is 2.25 bits per heavy atom. The van der Waals surface area contributed by atoms with Gasteiger partial charge in [-0.3, -0.25) is 4.55 Å². The zero-order valence-corrected chi connectivity index (χ0v) is 10.9. The molecule has 1 aromatic carbocycles. The van der Waals surface area contributed by atoms with Gasteiger partial charge in [0.25, 0.3) is 10.1 Å². The van der Waals surface area contributed by atoms with Crippen molar-refractivity contribution in [3.63, 3.8) is 0 Å². The largest absolute Gasteiger partial charge is 0.290 e. The average molecular weight is 283 g/mol. The number of rotatable bonds is 4. The minimum absolute atomic E-state index is 0.265. The Bertz CT molecular complexity index is 446. The van der Waals surface area contributed by atoms with E-state index in [-0.39, 0.29) is 5.56 Å². The first kappa shape index (κ1) is 13.8. The van der Waals surface area contributed by atoms with Gasteiger partial charge in [-0.15, -0.1) is 11.6 Å². The third kappa shape index (κ3) is 2.35. The van der Waals surface area contributed by atoms with E-state index in [9.17, 15) is 13.0 Å². The van der Waals surface area contributed by atoms with Gasteiger partial charge in [0.05, 0.1) is 5.38 Å². The van der Waals surface area contributed by atoms with Crippen molar-refractivity contribution in [3.05, 3.63) is 35.9 Å².